The van der Waals surface area contributed by atoms with E-state index in [1.54, 1.807) is 7.05 Å². The summed E-state index contributed by atoms with van der Waals surface area (Å²) >= 11 is 0. The van der Waals surface area contributed by atoms with Crippen LogP contribution in [0, 0.1) is 5.92 Å². The number of nitrogens with one attached hydrogen (secondary N) is 1. The van der Waals surface area contributed by atoms with Gasteiger partial charge in [0.05, 0.1) is 18.6 Å². The van der Waals surface area contributed by atoms with Crippen LogP contribution in [-0.4, -0.2) is 49.7 Å². The first-order chi connectivity index (χ1) is 12.5. The SMILES string of the molecule is CCOC(=O)C1CCCN(C(=NC)NCc2cccc(OC(C)C)c2)C1. The summed E-state index contributed by atoms with van der Waals surface area (Å²) in [5.41, 5.74) is 1.13. The third kappa shape index (κ3) is 5.93. The molecular formula is C20H31N3O3. The van der Waals surface area contributed by atoms with E-state index in [4.69, 9.17) is 9.47 Å². The number of hydrogen-bond acceptors (Lipinski definition) is 4. The van der Waals surface area contributed by atoms with Crippen molar-refractivity contribution in [3.05, 3.63) is 29.8 Å². The van der Waals surface area contributed by atoms with Crippen LogP contribution in [-0.2, 0) is 16.1 Å². The Morgan fingerprint density at radius 1 is 1.42 bits per heavy atom. The number of nitrogens with zero attached hydrogens (tertiary/aromatic N) is 2. The Morgan fingerprint density at radius 3 is 2.92 bits per heavy atom. The maximum absolute atomic E-state index is 12.0. The van der Waals surface area contributed by atoms with E-state index in [0.717, 1.165) is 36.7 Å². The van der Waals surface area contributed by atoms with Gasteiger partial charge in [-0.1, -0.05) is 12.1 Å². The van der Waals surface area contributed by atoms with Gasteiger partial charge >= 0.3 is 5.97 Å². The van der Waals surface area contributed by atoms with Crippen molar-refractivity contribution in [1.82, 2.24) is 10.2 Å². The van der Waals surface area contributed by atoms with Gasteiger partial charge < -0.3 is 19.7 Å². The standard InChI is InChI=1S/C20H31N3O3/c1-5-25-19(24)17-9-7-11-23(14-17)20(21-4)22-13-16-8-6-10-18(12-16)26-15(2)3/h6,8,10,12,15,17H,5,7,9,11,13-14H2,1-4H3,(H,21,22). The van der Waals surface area contributed by atoms with Gasteiger partial charge in [0.1, 0.15) is 5.75 Å². The fourth-order valence-corrected chi connectivity index (χ4v) is 3.14. The van der Waals surface area contributed by atoms with Crippen molar-refractivity contribution in [2.24, 2.45) is 10.9 Å². The van der Waals surface area contributed by atoms with Crippen molar-refractivity contribution in [3.8, 4) is 5.75 Å². The molecule has 144 valence electrons. The molecule has 26 heavy (non-hydrogen) atoms. The van der Waals surface area contributed by atoms with Crippen LogP contribution in [0.3, 0.4) is 0 Å². The van der Waals surface area contributed by atoms with E-state index >= 15 is 0 Å². The van der Waals surface area contributed by atoms with E-state index in [-0.39, 0.29) is 18.0 Å². The lowest BCUT2D eigenvalue weighted by molar-refractivity contribution is -0.149. The van der Waals surface area contributed by atoms with Crippen molar-refractivity contribution < 1.29 is 14.3 Å². The number of benzene rings is 1. The van der Waals surface area contributed by atoms with Crippen molar-refractivity contribution in [3.63, 3.8) is 0 Å². The van der Waals surface area contributed by atoms with Crippen LogP contribution in [0.25, 0.3) is 0 Å². The maximum atomic E-state index is 12.0. The molecule has 0 spiro atoms. The minimum Gasteiger partial charge on any atom is -0.491 e. The normalized spacial score (nSPS) is 18.0. The van der Waals surface area contributed by atoms with Gasteiger partial charge in [-0.25, -0.2) is 0 Å². The zero-order valence-corrected chi connectivity index (χ0v) is 16.3. The number of esters is 1. The molecule has 1 fully saturated rings. The highest BCUT2D eigenvalue weighted by Gasteiger charge is 2.28. The molecule has 1 aromatic rings. The van der Waals surface area contributed by atoms with E-state index < -0.39 is 0 Å². The van der Waals surface area contributed by atoms with Crippen LogP contribution >= 0.6 is 0 Å². The van der Waals surface area contributed by atoms with Gasteiger partial charge in [0.15, 0.2) is 5.96 Å². The number of hydrogen-bond donors (Lipinski definition) is 1. The van der Waals surface area contributed by atoms with E-state index in [9.17, 15) is 4.79 Å². The first-order valence-electron chi connectivity index (χ1n) is 9.41. The molecule has 2 rings (SSSR count). The van der Waals surface area contributed by atoms with Crippen molar-refractivity contribution in [2.75, 3.05) is 26.7 Å². The molecule has 1 heterocycles. The lowest BCUT2D eigenvalue weighted by Crippen LogP contribution is -2.48. The number of carbonyl (C=O) groups excluding carboxylic acids is 1. The van der Waals surface area contributed by atoms with Gasteiger partial charge in [0.25, 0.3) is 0 Å². The molecule has 6 heteroatoms. The summed E-state index contributed by atoms with van der Waals surface area (Å²) in [5.74, 6) is 1.50. The summed E-state index contributed by atoms with van der Waals surface area (Å²) in [5, 5.41) is 3.40. The van der Waals surface area contributed by atoms with E-state index in [0.29, 0.717) is 19.7 Å². The molecule has 1 unspecified atom stereocenters. The first kappa shape index (κ1) is 20.1. The zero-order chi connectivity index (χ0) is 18.9. The molecule has 0 aromatic heterocycles. The van der Waals surface area contributed by atoms with Gasteiger partial charge in [-0.2, -0.15) is 0 Å². The van der Waals surface area contributed by atoms with Crippen LogP contribution in [0.4, 0.5) is 0 Å². The van der Waals surface area contributed by atoms with Gasteiger partial charge in [-0.15, -0.1) is 0 Å². The summed E-state index contributed by atoms with van der Waals surface area (Å²) in [6.07, 6.45) is 1.99. The Bertz CT molecular complexity index is 616. The van der Waals surface area contributed by atoms with E-state index in [2.05, 4.69) is 21.3 Å². The highest BCUT2D eigenvalue weighted by molar-refractivity contribution is 5.81. The Labute approximate surface area is 156 Å². The Kier molecular flexibility index (Phi) is 7.75. The molecule has 1 N–H and O–H groups in total. The van der Waals surface area contributed by atoms with E-state index in [1.807, 2.05) is 39.0 Å². The predicted molar refractivity (Wildman–Crippen MR) is 103 cm³/mol. The minimum atomic E-state index is -0.105. The quantitative estimate of drug-likeness (QED) is 0.480. The highest BCUT2D eigenvalue weighted by Crippen LogP contribution is 2.19. The molecule has 0 amide bonds. The second-order valence-corrected chi connectivity index (χ2v) is 6.75. The summed E-state index contributed by atoms with van der Waals surface area (Å²) in [4.78, 5) is 18.6. The first-order valence-corrected chi connectivity index (χ1v) is 9.41. The second kappa shape index (κ2) is 10.0. The van der Waals surface area contributed by atoms with Crippen LogP contribution in [0.2, 0.25) is 0 Å². The van der Waals surface area contributed by atoms with Crippen molar-refractivity contribution in [1.29, 1.82) is 0 Å². The largest absolute Gasteiger partial charge is 0.491 e. The van der Waals surface area contributed by atoms with Crippen LogP contribution < -0.4 is 10.1 Å². The lowest BCUT2D eigenvalue weighted by atomic mass is 9.98. The molecule has 0 saturated carbocycles. The smallest absolute Gasteiger partial charge is 0.310 e. The number of guanidine groups is 1. The average molecular weight is 361 g/mol. The summed E-state index contributed by atoms with van der Waals surface area (Å²) in [6, 6.07) is 8.06. The third-order valence-electron chi connectivity index (χ3n) is 4.27. The third-order valence-corrected chi connectivity index (χ3v) is 4.27. The van der Waals surface area contributed by atoms with Gasteiger partial charge in [0.2, 0.25) is 0 Å². The molecule has 6 nitrogen and oxygen atoms in total. The zero-order valence-electron chi connectivity index (χ0n) is 16.3. The van der Waals surface area contributed by atoms with Gasteiger partial charge in [0, 0.05) is 26.7 Å². The van der Waals surface area contributed by atoms with Gasteiger partial charge in [-0.05, 0) is 51.3 Å². The van der Waals surface area contributed by atoms with Crippen molar-refractivity contribution >= 4 is 11.9 Å². The molecule has 1 atom stereocenters. The Balaban J connectivity index is 1.94. The van der Waals surface area contributed by atoms with Gasteiger partial charge in [-0.3, -0.25) is 9.79 Å². The number of ether oxygens (including phenoxy) is 2. The van der Waals surface area contributed by atoms with Crippen LogP contribution in [0.5, 0.6) is 5.75 Å². The maximum Gasteiger partial charge on any atom is 0.310 e. The summed E-state index contributed by atoms with van der Waals surface area (Å²) in [7, 11) is 1.77. The fourth-order valence-electron chi connectivity index (χ4n) is 3.14. The van der Waals surface area contributed by atoms with Crippen LogP contribution in [0.1, 0.15) is 39.2 Å². The number of likely N-dealkylation sites (tertiary alicyclic amines) is 1. The average Bonchev–Trinajstić information content (AvgIpc) is 2.62. The fraction of sp³-hybridized carbons (Fsp3) is 0.600. The molecule has 0 bridgehead atoms. The number of aliphatic imine (C=N–C) groups is 1. The molecule has 1 aliphatic heterocycles. The highest BCUT2D eigenvalue weighted by atomic mass is 16.5. The topological polar surface area (TPSA) is 63.2 Å². The number of rotatable bonds is 6. The monoisotopic (exact) mass is 361 g/mol. The molecular weight excluding hydrogens is 330 g/mol. The molecule has 0 aliphatic carbocycles. The van der Waals surface area contributed by atoms with Crippen LogP contribution in [0.15, 0.2) is 29.3 Å². The van der Waals surface area contributed by atoms with Crippen molar-refractivity contribution in [2.45, 2.75) is 46.3 Å². The summed E-state index contributed by atoms with van der Waals surface area (Å²) in [6.45, 7) is 8.50. The molecule has 1 aromatic carbocycles. The Morgan fingerprint density at radius 2 is 2.23 bits per heavy atom. The molecule has 1 aliphatic rings. The minimum absolute atomic E-state index is 0.0787. The number of carbonyl (C=O) groups is 1. The second-order valence-electron chi connectivity index (χ2n) is 6.75. The number of piperidine rings is 1. The lowest BCUT2D eigenvalue weighted by Gasteiger charge is -2.34. The summed E-state index contributed by atoms with van der Waals surface area (Å²) < 4.78 is 10.9. The van der Waals surface area contributed by atoms with E-state index in [1.165, 1.54) is 0 Å². The molecule has 0 radical (unpaired) electrons. The predicted octanol–water partition coefficient (Wildman–Crippen LogP) is 2.82. The molecule has 1 saturated heterocycles. The Hall–Kier alpha value is -2.24.